The number of ketones is 1. The molecule has 196 valence electrons. The molecule has 1 atom stereocenters. The summed E-state index contributed by atoms with van der Waals surface area (Å²) in [5, 5.41) is 0.642. The van der Waals surface area contributed by atoms with Crippen molar-refractivity contribution in [3.63, 3.8) is 0 Å². The minimum Gasteiger partial charge on any atom is -0.303 e. The van der Waals surface area contributed by atoms with Gasteiger partial charge in [0, 0.05) is 18.6 Å². The molecule has 1 fully saturated rings. The van der Waals surface area contributed by atoms with Crippen LogP contribution in [0, 0.1) is 0 Å². The van der Waals surface area contributed by atoms with Gasteiger partial charge in [0.2, 0.25) is 10.0 Å². The highest BCUT2D eigenvalue weighted by Crippen LogP contribution is 2.37. The minimum atomic E-state index is -3.60. The summed E-state index contributed by atoms with van der Waals surface area (Å²) in [6.45, 7) is 4.54. The van der Waals surface area contributed by atoms with E-state index in [0.717, 1.165) is 50.0 Å². The third kappa shape index (κ3) is 6.32. The van der Waals surface area contributed by atoms with Gasteiger partial charge >= 0.3 is 0 Å². The van der Waals surface area contributed by atoms with E-state index in [4.69, 9.17) is 11.6 Å². The van der Waals surface area contributed by atoms with E-state index in [1.54, 1.807) is 38.2 Å². The van der Waals surface area contributed by atoms with Crippen molar-refractivity contribution in [3.8, 4) is 0 Å². The third-order valence-corrected chi connectivity index (χ3v) is 9.83. The first kappa shape index (κ1) is 27.5. The number of piperidine rings is 1. The number of carbonyl (C=O) groups excluding carboxylic acids is 1. The van der Waals surface area contributed by atoms with Crippen molar-refractivity contribution in [2.45, 2.75) is 42.4 Å². The molecule has 5 nitrogen and oxygen atoms in total. The largest absolute Gasteiger partial charge is 0.303 e. The highest BCUT2D eigenvalue weighted by atomic mass is 35.5. The lowest BCUT2D eigenvalue weighted by atomic mass is 9.70. The molecule has 1 aliphatic heterocycles. The molecule has 0 aliphatic carbocycles. The molecular weight excluding hydrogens is 504 g/mol. The molecule has 3 aromatic carbocycles. The standard InChI is InChI=1S/C30H35ClN2O3S/c1-24(34)30(27-11-5-3-6-12-27)17-20-33(21-18-30)19-16-26(25-10-9-13-28(31)22-25)23-32(2)37(35,36)29-14-7-4-8-15-29/h3-15,22,26H,16-21,23H2,1-2H3/t26-/m1/s1. The zero-order valence-corrected chi connectivity index (χ0v) is 23.1. The normalized spacial score (nSPS) is 17.0. The molecule has 0 spiro atoms. The Bertz CT molecular complexity index is 1290. The number of halogens is 1. The number of likely N-dealkylation sites (tertiary alicyclic amines) is 1. The fourth-order valence-electron chi connectivity index (χ4n) is 5.40. The number of rotatable bonds is 10. The summed E-state index contributed by atoms with van der Waals surface area (Å²) >= 11 is 6.31. The molecule has 37 heavy (non-hydrogen) atoms. The van der Waals surface area contributed by atoms with Crippen molar-refractivity contribution < 1.29 is 13.2 Å². The molecule has 0 bridgehead atoms. The van der Waals surface area contributed by atoms with Crippen molar-refractivity contribution in [2.75, 3.05) is 33.2 Å². The van der Waals surface area contributed by atoms with Crippen LogP contribution in [0.4, 0.5) is 0 Å². The monoisotopic (exact) mass is 538 g/mol. The number of likely N-dealkylation sites (N-methyl/N-ethyl adjacent to an activating group) is 1. The van der Waals surface area contributed by atoms with Gasteiger partial charge < -0.3 is 4.90 Å². The Kier molecular flexibility index (Phi) is 8.86. The summed E-state index contributed by atoms with van der Waals surface area (Å²) in [6, 6.07) is 26.4. The molecule has 0 radical (unpaired) electrons. The summed E-state index contributed by atoms with van der Waals surface area (Å²) in [6.07, 6.45) is 2.36. The lowest BCUT2D eigenvalue weighted by molar-refractivity contribution is -0.124. The molecular formula is C30H35ClN2O3S. The fraction of sp³-hybridized carbons (Fsp3) is 0.367. The Labute approximate surface area is 226 Å². The number of carbonyl (C=O) groups is 1. The van der Waals surface area contributed by atoms with Crippen molar-refractivity contribution in [3.05, 3.63) is 101 Å². The van der Waals surface area contributed by atoms with Gasteiger partial charge in [0.1, 0.15) is 5.78 Å². The average molecular weight is 539 g/mol. The number of hydrogen-bond acceptors (Lipinski definition) is 4. The molecule has 0 amide bonds. The first-order valence-corrected chi connectivity index (χ1v) is 14.6. The summed E-state index contributed by atoms with van der Waals surface area (Å²) < 4.78 is 27.8. The first-order valence-electron chi connectivity index (χ1n) is 12.8. The van der Waals surface area contributed by atoms with Crippen LogP contribution < -0.4 is 0 Å². The Morgan fingerprint density at radius 1 is 0.973 bits per heavy atom. The molecule has 0 unspecified atom stereocenters. The number of benzene rings is 3. The van der Waals surface area contributed by atoms with E-state index in [0.29, 0.717) is 16.5 Å². The number of hydrogen-bond donors (Lipinski definition) is 0. The maximum Gasteiger partial charge on any atom is 0.242 e. The van der Waals surface area contributed by atoms with E-state index in [2.05, 4.69) is 17.0 Å². The fourth-order valence-corrected chi connectivity index (χ4v) is 6.84. The van der Waals surface area contributed by atoms with Crippen LogP contribution in [0.15, 0.2) is 89.8 Å². The molecule has 7 heteroatoms. The van der Waals surface area contributed by atoms with Crippen LogP contribution in [0.5, 0.6) is 0 Å². The summed E-state index contributed by atoms with van der Waals surface area (Å²) in [7, 11) is -1.96. The van der Waals surface area contributed by atoms with Crippen molar-refractivity contribution >= 4 is 27.4 Å². The van der Waals surface area contributed by atoms with Crippen LogP contribution in [0.25, 0.3) is 0 Å². The highest BCUT2D eigenvalue weighted by molar-refractivity contribution is 7.89. The lowest BCUT2D eigenvalue weighted by Gasteiger charge is -2.41. The predicted molar refractivity (Wildman–Crippen MR) is 150 cm³/mol. The van der Waals surface area contributed by atoms with Gasteiger partial charge in [-0.15, -0.1) is 0 Å². The van der Waals surface area contributed by atoms with E-state index in [-0.39, 0.29) is 11.7 Å². The van der Waals surface area contributed by atoms with Crippen molar-refractivity contribution in [2.24, 2.45) is 0 Å². The second kappa shape index (κ2) is 11.9. The van der Waals surface area contributed by atoms with Crippen molar-refractivity contribution in [1.82, 2.24) is 9.21 Å². The third-order valence-electron chi connectivity index (χ3n) is 7.75. The SMILES string of the molecule is CC(=O)C1(c2ccccc2)CCN(CC[C@H](CN(C)S(=O)(=O)c2ccccc2)c2cccc(Cl)c2)CC1. The van der Waals surface area contributed by atoms with E-state index in [1.165, 1.54) is 4.31 Å². The Morgan fingerprint density at radius 3 is 2.19 bits per heavy atom. The summed E-state index contributed by atoms with van der Waals surface area (Å²) in [5.41, 5.74) is 1.71. The minimum absolute atomic E-state index is 0.0178. The highest BCUT2D eigenvalue weighted by Gasteiger charge is 2.40. The van der Waals surface area contributed by atoms with Crippen LogP contribution >= 0.6 is 11.6 Å². The van der Waals surface area contributed by atoms with E-state index < -0.39 is 15.4 Å². The van der Waals surface area contributed by atoms with Crippen LogP contribution in [0.1, 0.15) is 43.2 Å². The molecule has 0 N–H and O–H groups in total. The zero-order valence-electron chi connectivity index (χ0n) is 21.5. The van der Waals surface area contributed by atoms with Crippen LogP contribution in [0.2, 0.25) is 5.02 Å². The van der Waals surface area contributed by atoms with Crippen LogP contribution in [0.3, 0.4) is 0 Å². The van der Waals surface area contributed by atoms with Gasteiger partial charge in [-0.3, -0.25) is 4.79 Å². The van der Waals surface area contributed by atoms with Crippen LogP contribution in [-0.4, -0.2) is 56.6 Å². The Hall–Kier alpha value is -2.51. The zero-order chi connectivity index (χ0) is 26.5. The topological polar surface area (TPSA) is 57.7 Å². The molecule has 4 rings (SSSR count). The number of nitrogens with zero attached hydrogens (tertiary/aromatic N) is 2. The van der Waals surface area contributed by atoms with Gasteiger partial charge in [0.15, 0.2) is 0 Å². The lowest BCUT2D eigenvalue weighted by Crippen LogP contribution is -2.47. The quantitative estimate of drug-likeness (QED) is 0.329. The molecule has 1 heterocycles. The predicted octanol–water partition coefficient (Wildman–Crippen LogP) is 5.76. The van der Waals surface area contributed by atoms with Gasteiger partial charge in [-0.05, 0) is 87.1 Å². The summed E-state index contributed by atoms with van der Waals surface area (Å²) in [4.78, 5) is 15.4. The van der Waals surface area contributed by atoms with E-state index in [1.807, 2.05) is 48.5 Å². The van der Waals surface area contributed by atoms with Gasteiger partial charge in [0.25, 0.3) is 0 Å². The van der Waals surface area contributed by atoms with E-state index in [9.17, 15) is 13.2 Å². The maximum atomic E-state index is 13.2. The molecule has 0 saturated carbocycles. The molecule has 3 aromatic rings. The van der Waals surface area contributed by atoms with Crippen LogP contribution in [-0.2, 0) is 20.2 Å². The second-order valence-corrected chi connectivity index (χ2v) is 12.5. The smallest absolute Gasteiger partial charge is 0.242 e. The Balaban J connectivity index is 1.46. The van der Waals surface area contributed by atoms with Gasteiger partial charge in [-0.2, -0.15) is 0 Å². The second-order valence-electron chi connectivity index (χ2n) is 9.99. The average Bonchev–Trinajstić information content (AvgIpc) is 2.92. The summed E-state index contributed by atoms with van der Waals surface area (Å²) in [5.74, 6) is 0.207. The van der Waals surface area contributed by atoms with Gasteiger partial charge in [0.05, 0.1) is 10.3 Å². The van der Waals surface area contributed by atoms with E-state index >= 15 is 0 Å². The maximum absolute atomic E-state index is 13.2. The van der Waals surface area contributed by atoms with Crippen molar-refractivity contribution in [1.29, 1.82) is 0 Å². The van der Waals surface area contributed by atoms with Gasteiger partial charge in [-0.1, -0.05) is 72.3 Å². The number of sulfonamides is 1. The molecule has 1 saturated heterocycles. The number of Topliss-reactive ketones (excluding diaryl/α,β-unsaturated/α-hetero) is 1. The first-order chi connectivity index (χ1) is 17.7. The Morgan fingerprint density at radius 2 is 1.59 bits per heavy atom. The molecule has 1 aliphatic rings. The van der Waals surface area contributed by atoms with Gasteiger partial charge in [-0.25, -0.2) is 12.7 Å². The molecule has 0 aromatic heterocycles.